The van der Waals surface area contributed by atoms with Crippen LogP contribution in [0.1, 0.15) is 55.3 Å². The fourth-order valence-corrected chi connectivity index (χ4v) is 3.49. The second-order valence-corrected chi connectivity index (χ2v) is 6.67. The van der Waals surface area contributed by atoms with Crippen molar-refractivity contribution in [2.24, 2.45) is 5.92 Å². The monoisotopic (exact) mass is 320 g/mol. The van der Waals surface area contributed by atoms with Crippen LogP contribution in [0.15, 0.2) is 54.6 Å². The molecule has 0 bridgehead atoms. The molecule has 2 nitrogen and oxygen atoms in total. The van der Waals surface area contributed by atoms with Crippen molar-refractivity contribution >= 4 is 11.6 Å². The van der Waals surface area contributed by atoms with Gasteiger partial charge in [0.2, 0.25) is 0 Å². The Morgan fingerprint density at radius 3 is 2.04 bits per heavy atom. The van der Waals surface area contributed by atoms with E-state index in [0.717, 1.165) is 36.8 Å². The number of carbonyl (C=O) groups is 2. The second kappa shape index (κ2) is 8.05. The van der Waals surface area contributed by atoms with E-state index in [9.17, 15) is 9.59 Å². The maximum absolute atomic E-state index is 12.3. The lowest BCUT2D eigenvalue weighted by atomic mass is 9.84. The lowest BCUT2D eigenvalue weighted by Gasteiger charge is -2.19. The smallest absolute Gasteiger partial charge is 0.163 e. The van der Waals surface area contributed by atoms with E-state index in [2.05, 4.69) is 12.1 Å². The van der Waals surface area contributed by atoms with Gasteiger partial charge >= 0.3 is 0 Å². The molecule has 0 N–H and O–H groups in total. The van der Waals surface area contributed by atoms with Crippen LogP contribution in [0.4, 0.5) is 0 Å². The highest BCUT2D eigenvalue weighted by molar-refractivity contribution is 5.98. The molecule has 0 amide bonds. The molecule has 0 heterocycles. The number of hydrogen-bond donors (Lipinski definition) is 0. The average molecular weight is 320 g/mol. The zero-order chi connectivity index (χ0) is 16.8. The van der Waals surface area contributed by atoms with Crippen LogP contribution in [0.5, 0.6) is 0 Å². The van der Waals surface area contributed by atoms with Gasteiger partial charge in [0, 0.05) is 24.3 Å². The molecule has 1 aliphatic rings. The first-order valence-electron chi connectivity index (χ1n) is 8.95. The predicted octanol–water partition coefficient (Wildman–Crippen LogP) is 5.47. The molecule has 1 aliphatic carbocycles. The summed E-state index contributed by atoms with van der Waals surface area (Å²) < 4.78 is 0. The summed E-state index contributed by atoms with van der Waals surface area (Å²) >= 11 is 0. The van der Waals surface area contributed by atoms with Crippen molar-refractivity contribution in [1.29, 1.82) is 0 Å². The Kier molecular flexibility index (Phi) is 5.58. The largest absolute Gasteiger partial charge is 0.299 e. The van der Waals surface area contributed by atoms with Crippen molar-refractivity contribution in [1.82, 2.24) is 0 Å². The highest BCUT2D eigenvalue weighted by Crippen LogP contribution is 2.26. The lowest BCUT2D eigenvalue weighted by Crippen LogP contribution is -2.18. The molecule has 2 aromatic carbocycles. The Labute approximate surface area is 143 Å². The Balaban J connectivity index is 1.56. The summed E-state index contributed by atoms with van der Waals surface area (Å²) in [6.45, 7) is 0. The van der Waals surface area contributed by atoms with Gasteiger partial charge in [-0.15, -0.1) is 0 Å². The molecule has 2 aromatic rings. The van der Waals surface area contributed by atoms with Crippen LogP contribution in [0.3, 0.4) is 0 Å². The molecule has 0 radical (unpaired) electrons. The molecule has 124 valence electrons. The van der Waals surface area contributed by atoms with Gasteiger partial charge in [0.05, 0.1) is 0 Å². The van der Waals surface area contributed by atoms with E-state index in [-0.39, 0.29) is 17.5 Å². The predicted molar refractivity (Wildman–Crippen MR) is 97.0 cm³/mol. The van der Waals surface area contributed by atoms with Crippen LogP contribution in [0.25, 0.3) is 11.1 Å². The topological polar surface area (TPSA) is 34.1 Å². The quantitative estimate of drug-likeness (QED) is 0.662. The summed E-state index contributed by atoms with van der Waals surface area (Å²) in [6, 6.07) is 17.8. The van der Waals surface area contributed by atoms with Gasteiger partial charge in [0.25, 0.3) is 0 Å². The van der Waals surface area contributed by atoms with Crippen LogP contribution in [-0.2, 0) is 4.79 Å². The van der Waals surface area contributed by atoms with Gasteiger partial charge in [-0.1, -0.05) is 73.9 Å². The van der Waals surface area contributed by atoms with Crippen LogP contribution in [0, 0.1) is 5.92 Å². The van der Waals surface area contributed by atoms with Crippen molar-refractivity contribution < 1.29 is 9.59 Å². The maximum atomic E-state index is 12.3. The molecule has 1 saturated carbocycles. The molecule has 0 saturated heterocycles. The SMILES string of the molecule is O=C(CCC(=O)C1CCCCC1)c1ccc(-c2ccccc2)cc1. The zero-order valence-corrected chi connectivity index (χ0v) is 14.0. The molecule has 0 spiro atoms. The zero-order valence-electron chi connectivity index (χ0n) is 14.0. The molecule has 2 heteroatoms. The minimum Gasteiger partial charge on any atom is -0.299 e. The first-order chi connectivity index (χ1) is 11.7. The van der Waals surface area contributed by atoms with Crippen molar-refractivity contribution in [3.8, 4) is 11.1 Å². The van der Waals surface area contributed by atoms with Crippen molar-refractivity contribution in [3.63, 3.8) is 0 Å². The Morgan fingerprint density at radius 2 is 1.38 bits per heavy atom. The Bertz CT molecular complexity index is 680. The second-order valence-electron chi connectivity index (χ2n) is 6.67. The van der Waals surface area contributed by atoms with Crippen LogP contribution in [-0.4, -0.2) is 11.6 Å². The third-order valence-corrected chi connectivity index (χ3v) is 4.97. The van der Waals surface area contributed by atoms with E-state index in [0.29, 0.717) is 18.4 Å². The van der Waals surface area contributed by atoms with Crippen molar-refractivity contribution in [2.75, 3.05) is 0 Å². The summed E-state index contributed by atoms with van der Waals surface area (Å²) in [5, 5.41) is 0. The molecular formula is C22H24O2. The molecule has 0 aliphatic heterocycles. The van der Waals surface area contributed by atoms with Gasteiger partial charge < -0.3 is 0 Å². The van der Waals surface area contributed by atoms with Crippen LogP contribution in [0.2, 0.25) is 0 Å². The fraction of sp³-hybridized carbons (Fsp3) is 0.364. The van der Waals surface area contributed by atoms with Crippen LogP contribution < -0.4 is 0 Å². The number of ketones is 2. The van der Waals surface area contributed by atoms with E-state index < -0.39 is 0 Å². The summed E-state index contributed by atoms with van der Waals surface area (Å²) in [6.07, 6.45) is 6.31. The van der Waals surface area contributed by atoms with Crippen molar-refractivity contribution in [2.45, 2.75) is 44.9 Å². The number of rotatable bonds is 6. The summed E-state index contributed by atoms with van der Waals surface area (Å²) in [4.78, 5) is 24.5. The summed E-state index contributed by atoms with van der Waals surface area (Å²) in [7, 11) is 0. The third-order valence-electron chi connectivity index (χ3n) is 4.97. The van der Waals surface area contributed by atoms with E-state index in [1.54, 1.807) is 0 Å². The first kappa shape index (κ1) is 16.6. The maximum Gasteiger partial charge on any atom is 0.163 e. The van der Waals surface area contributed by atoms with Gasteiger partial charge in [-0.25, -0.2) is 0 Å². The van der Waals surface area contributed by atoms with Gasteiger partial charge in [-0.3, -0.25) is 9.59 Å². The molecule has 0 atom stereocenters. The van der Waals surface area contributed by atoms with E-state index in [1.807, 2.05) is 42.5 Å². The molecular weight excluding hydrogens is 296 g/mol. The van der Waals surface area contributed by atoms with Gasteiger partial charge in [-0.2, -0.15) is 0 Å². The van der Waals surface area contributed by atoms with Crippen LogP contribution >= 0.6 is 0 Å². The van der Waals surface area contributed by atoms with Gasteiger partial charge in [0.1, 0.15) is 5.78 Å². The van der Waals surface area contributed by atoms with Gasteiger partial charge in [0.15, 0.2) is 5.78 Å². The fourth-order valence-electron chi connectivity index (χ4n) is 3.49. The standard InChI is InChI=1S/C22H24O2/c23-21(19-9-5-2-6-10-19)15-16-22(24)20-13-11-18(12-14-20)17-7-3-1-4-8-17/h1,3-4,7-8,11-14,19H,2,5-6,9-10,15-16H2. The Morgan fingerprint density at radius 1 is 0.750 bits per heavy atom. The normalized spacial score (nSPS) is 15.2. The summed E-state index contributed by atoms with van der Waals surface area (Å²) in [5.41, 5.74) is 2.94. The molecule has 3 rings (SSSR count). The number of carbonyl (C=O) groups excluding carboxylic acids is 2. The molecule has 1 fully saturated rings. The minimum atomic E-state index is 0.0683. The first-order valence-corrected chi connectivity index (χ1v) is 8.95. The van der Waals surface area contributed by atoms with E-state index in [4.69, 9.17) is 0 Å². The number of Topliss-reactive ketones (excluding diaryl/α,β-unsaturated/α-hetero) is 2. The average Bonchev–Trinajstić information content (AvgIpc) is 2.67. The van der Waals surface area contributed by atoms with E-state index >= 15 is 0 Å². The molecule has 24 heavy (non-hydrogen) atoms. The van der Waals surface area contributed by atoms with E-state index in [1.165, 1.54) is 6.42 Å². The highest BCUT2D eigenvalue weighted by atomic mass is 16.1. The third kappa shape index (κ3) is 4.19. The lowest BCUT2D eigenvalue weighted by molar-refractivity contribution is -0.123. The van der Waals surface area contributed by atoms with Crippen molar-refractivity contribution in [3.05, 3.63) is 60.2 Å². The molecule has 0 aromatic heterocycles. The van der Waals surface area contributed by atoms with Gasteiger partial charge in [-0.05, 0) is 24.0 Å². The highest BCUT2D eigenvalue weighted by Gasteiger charge is 2.21. The number of hydrogen-bond acceptors (Lipinski definition) is 2. The number of benzene rings is 2. The molecule has 0 unspecified atom stereocenters. The Hall–Kier alpha value is -2.22. The summed E-state index contributed by atoms with van der Waals surface area (Å²) in [5.74, 6) is 0.551. The minimum absolute atomic E-state index is 0.0683.